The molecule has 1 rings (SSSR count). The average Bonchev–Trinajstić information content (AvgIpc) is 2.83. The highest BCUT2D eigenvalue weighted by Gasteiger charge is 2.19. The van der Waals surface area contributed by atoms with Crippen molar-refractivity contribution in [3.8, 4) is 0 Å². The topological polar surface area (TPSA) is 66.4 Å². The molecular formula is C13H23NO3S2. The summed E-state index contributed by atoms with van der Waals surface area (Å²) in [6, 6.07) is 1.47. The molecule has 0 saturated heterocycles. The van der Waals surface area contributed by atoms with Crippen molar-refractivity contribution in [3.05, 3.63) is 17.0 Å². The molecule has 0 saturated carbocycles. The summed E-state index contributed by atoms with van der Waals surface area (Å²) in [5, 5.41) is 10.6. The highest BCUT2D eigenvalue weighted by Crippen LogP contribution is 2.20. The van der Waals surface area contributed by atoms with Gasteiger partial charge < -0.3 is 5.11 Å². The molecule has 0 aliphatic carbocycles. The van der Waals surface area contributed by atoms with E-state index in [1.54, 1.807) is 5.38 Å². The normalized spacial score (nSPS) is 13.6. The minimum absolute atomic E-state index is 0.0541. The molecule has 19 heavy (non-hydrogen) atoms. The highest BCUT2D eigenvalue weighted by atomic mass is 32.2. The number of aliphatic hydroxyl groups excluding tert-OH is 1. The van der Waals surface area contributed by atoms with Gasteiger partial charge in [-0.2, -0.15) is 0 Å². The van der Waals surface area contributed by atoms with Gasteiger partial charge in [0.1, 0.15) is 4.21 Å². The van der Waals surface area contributed by atoms with Crippen LogP contribution in [-0.2, 0) is 16.6 Å². The first-order chi connectivity index (χ1) is 8.99. The van der Waals surface area contributed by atoms with E-state index < -0.39 is 10.0 Å². The van der Waals surface area contributed by atoms with Crippen molar-refractivity contribution in [2.75, 3.05) is 0 Å². The summed E-state index contributed by atoms with van der Waals surface area (Å²) in [4.78, 5) is 0. The minimum Gasteiger partial charge on any atom is -0.392 e. The molecule has 110 valence electrons. The van der Waals surface area contributed by atoms with Crippen LogP contribution in [0.2, 0.25) is 0 Å². The molecule has 0 spiro atoms. The van der Waals surface area contributed by atoms with E-state index in [2.05, 4.69) is 11.6 Å². The third kappa shape index (κ3) is 5.60. The van der Waals surface area contributed by atoms with Crippen LogP contribution in [0.4, 0.5) is 0 Å². The van der Waals surface area contributed by atoms with E-state index in [4.69, 9.17) is 5.11 Å². The SMILES string of the molecule is CCCCCCC(C)NS(=O)(=O)c1cc(CO)cs1. The molecule has 1 aromatic heterocycles. The van der Waals surface area contributed by atoms with Gasteiger partial charge in [-0.05, 0) is 30.4 Å². The van der Waals surface area contributed by atoms with Gasteiger partial charge in [0.15, 0.2) is 0 Å². The number of hydrogen-bond donors (Lipinski definition) is 2. The Kier molecular flexibility index (Phi) is 6.99. The summed E-state index contributed by atoms with van der Waals surface area (Å²) in [5.74, 6) is 0. The van der Waals surface area contributed by atoms with Gasteiger partial charge in [-0.3, -0.25) is 0 Å². The zero-order chi connectivity index (χ0) is 14.3. The van der Waals surface area contributed by atoms with Gasteiger partial charge in [0.2, 0.25) is 10.0 Å². The summed E-state index contributed by atoms with van der Waals surface area (Å²) in [6.45, 7) is 3.92. The van der Waals surface area contributed by atoms with Gasteiger partial charge in [-0.25, -0.2) is 13.1 Å². The third-order valence-corrected chi connectivity index (χ3v) is 6.00. The molecule has 0 radical (unpaired) electrons. The number of sulfonamides is 1. The Balaban J connectivity index is 2.49. The molecule has 0 aliphatic heterocycles. The molecule has 0 aliphatic rings. The molecule has 0 bridgehead atoms. The maximum Gasteiger partial charge on any atom is 0.250 e. The first-order valence-electron chi connectivity index (χ1n) is 6.70. The van der Waals surface area contributed by atoms with Crippen molar-refractivity contribution in [2.45, 2.75) is 62.8 Å². The van der Waals surface area contributed by atoms with Gasteiger partial charge in [-0.15, -0.1) is 11.3 Å². The van der Waals surface area contributed by atoms with E-state index in [1.807, 2.05) is 6.92 Å². The maximum atomic E-state index is 12.1. The number of nitrogens with one attached hydrogen (secondary N) is 1. The van der Waals surface area contributed by atoms with E-state index in [0.717, 1.165) is 30.6 Å². The number of thiophene rings is 1. The van der Waals surface area contributed by atoms with Gasteiger partial charge in [0.05, 0.1) is 6.61 Å². The van der Waals surface area contributed by atoms with Crippen LogP contribution in [-0.4, -0.2) is 19.6 Å². The molecule has 0 fully saturated rings. The first-order valence-corrected chi connectivity index (χ1v) is 9.06. The maximum absolute atomic E-state index is 12.1. The van der Waals surface area contributed by atoms with E-state index in [1.165, 1.54) is 18.9 Å². The summed E-state index contributed by atoms with van der Waals surface area (Å²) >= 11 is 1.14. The lowest BCUT2D eigenvalue weighted by Crippen LogP contribution is -2.32. The van der Waals surface area contributed by atoms with Crippen LogP contribution in [0, 0.1) is 0 Å². The summed E-state index contributed by atoms with van der Waals surface area (Å²) in [5.41, 5.74) is 0.640. The van der Waals surface area contributed by atoms with Crippen LogP contribution in [0.5, 0.6) is 0 Å². The molecule has 0 amide bonds. The summed E-state index contributed by atoms with van der Waals surface area (Å²) in [7, 11) is -3.43. The van der Waals surface area contributed by atoms with E-state index in [9.17, 15) is 8.42 Å². The molecule has 0 aromatic carbocycles. The Hall–Kier alpha value is -0.430. The van der Waals surface area contributed by atoms with Crippen LogP contribution in [0.3, 0.4) is 0 Å². The molecule has 1 aromatic rings. The standard InChI is InChI=1S/C13H23NO3S2/c1-3-4-5-6-7-11(2)14-19(16,17)13-8-12(9-15)10-18-13/h8,10-11,14-15H,3-7,9H2,1-2H3. The second kappa shape index (κ2) is 7.99. The highest BCUT2D eigenvalue weighted by molar-refractivity contribution is 7.91. The Morgan fingerprint density at radius 3 is 2.68 bits per heavy atom. The van der Waals surface area contributed by atoms with Crippen molar-refractivity contribution in [3.63, 3.8) is 0 Å². The summed E-state index contributed by atoms with van der Waals surface area (Å²) < 4.78 is 27.1. The monoisotopic (exact) mass is 305 g/mol. The fourth-order valence-corrected chi connectivity index (χ4v) is 4.33. The molecule has 6 heteroatoms. The number of hydrogen-bond acceptors (Lipinski definition) is 4. The van der Waals surface area contributed by atoms with Crippen LogP contribution >= 0.6 is 11.3 Å². The molecule has 1 atom stereocenters. The Morgan fingerprint density at radius 1 is 1.37 bits per heavy atom. The number of aliphatic hydroxyl groups is 1. The van der Waals surface area contributed by atoms with Crippen LogP contribution in [0.15, 0.2) is 15.7 Å². The van der Waals surface area contributed by atoms with E-state index in [0.29, 0.717) is 5.56 Å². The smallest absolute Gasteiger partial charge is 0.250 e. The first kappa shape index (κ1) is 16.6. The van der Waals surface area contributed by atoms with Crippen LogP contribution in [0.1, 0.15) is 51.5 Å². The summed E-state index contributed by atoms with van der Waals surface area (Å²) in [6.07, 6.45) is 5.43. The van der Waals surface area contributed by atoms with Crippen molar-refractivity contribution < 1.29 is 13.5 Å². The van der Waals surface area contributed by atoms with E-state index >= 15 is 0 Å². The van der Waals surface area contributed by atoms with Crippen molar-refractivity contribution in [1.82, 2.24) is 4.72 Å². The van der Waals surface area contributed by atoms with Crippen LogP contribution in [0.25, 0.3) is 0 Å². The fourth-order valence-electron chi connectivity index (χ4n) is 1.84. The van der Waals surface area contributed by atoms with Gasteiger partial charge in [0, 0.05) is 6.04 Å². The Labute approximate surface area is 119 Å². The van der Waals surface area contributed by atoms with Crippen molar-refractivity contribution in [1.29, 1.82) is 0 Å². The molecular weight excluding hydrogens is 282 g/mol. The molecule has 4 nitrogen and oxygen atoms in total. The number of rotatable bonds is 9. The molecule has 1 heterocycles. The van der Waals surface area contributed by atoms with Crippen molar-refractivity contribution >= 4 is 21.4 Å². The zero-order valence-electron chi connectivity index (χ0n) is 11.6. The van der Waals surface area contributed by atoms with Gasteiger partial charge in [-0.1, -0.05) is 32.6 Å². The largest absolute Gasteiger partial charge is 0.392 e. The minimum atomic E-state index is -3.43. The quantitative estimate of drug-likeness (QED) is 0.689. The third-order valence-electron chi connectivity index (χ3n) is 2.92. The second-order valence-electron chi connectivity index (χ2n) is 4.80. The predicted octanol–water partition coefficient (Wildman–Crippen LogP) is 2.88. The van der Waals surface area contributed by atoms with Gasteiger partial charge in [0.25, 0.3) is 0 Å². The fraction of sp³-hybridized carbons (Fsp3) is 0.692. The average molecular weight is 305 g/mol. The van der Waals surface area contributed by atoms with Crippen LogP contribution < -0.4 is 4.72 Å². The molecule has 2 N–H and O–H groups in total. The van der Waals surface area contributed by atoms with Gasteiger partial charge >= 0.3 is 0 Å². The Bertz CT molecular complexity index is 468. The predicted molar refractivity (Wildman–Crippen MR) is 78.8 cm³/mol. The van der Waals surface area contributed by atoms with E-state index in [-0.39, 0.29) is 16.9 Å². The number of unbranched alkanes of at least 4 members (excludes halogenated alkanes) is 3. The van der Waals surface area contributed by atoms with Crippen molar-refractivity contribution in [2.24, 2.45) is 0 Å². The lowest BCUT2D eigenvalue weighted by molar-refractivity contribution is 0.282. The molecule has 1 unspecified atom stereocenters. The lowest BCUT2D eigenvalue weighted by atomic mass is 10.1. The second-order valence-corrected chi connectivity index (χ2v) is 7.66. The zero-order valence-corrected chi connectivity index (χ0v) is 13.2. The Morgan fingerprint density at radius 2 is 2.11 bits per heavy atom. The lowest BCUT2D eigenvalue weighted by Gasteiger charge is -2.13.